The van der Waals surface area contributed by atoms with Crippen LogP contribution in [0, 0.1) is 0 Å². The fourth-order valence-electron chi connectivity index (χ4n) is 2.43. The molecule has 0 aliphatic carbocycles. The summed E-state index contributed by atoms with van der Waals surface area (Å²) in [6, 6.07) is 0. The molecule has 0 spiro atoms. The number of ether oxygens (including phenoxy) is 1. The van der Waals surface area contributed by atoms with Gasteiger partial charge >= 0.3 is 0 Å². The maximum atomic E-state index is 14.2. The molecule has 2 aromatic rings. The minimum Gasteiger partial charge on any atom is -0.394 e. The first kappa shape index (κ1) is 14.1. The van der Waals surface area contributed by atoms with Crippen molar-refractivity contribution in [2.24, 2.45) is 0 Å². The summed E-state index contributed by atoms with van der Waals surface area (Å²) in [6.45, 7) is -0.456. The third-order valence-corrected chi connectivity index (χ3v) is 3.51. The van der Waals surface area contributed by atoms with Crippen molar-refractivity contribution < 1.29 is 19.3 Å². The summed E-state index contributed by atoms with van der Waals surface area (Å²) < 4.78 is 21.0. The molecule has 0 saturated carbocycles. The van der Waals surface area contributed by atoms with E-state index in [1.807, 2.05) is 14.1 Å². The van der Waals surface area contributed by atoms with Crippen molar-refractivity contribution in [3.05, 3.63) is 12.7 Å². The molecule has 9 heteroatoms. The quantitative estimate of drug-likeness (QED) is 0.787. The van der Waals surface area contributed by atoms with Gasteiger partial charge in [-0.1, -0.05) is 0 Å². The van der Waals surface area contributed by atoms with E-state index in [0.717, 1.165) is 0 Å². The van der Waals surface area contributed by atoms with E-state index in [9.17, 15) is 9.50 Å². The zero-order valence-corrected chi connectivity index (χ0v) is 11.6. The van der Waals surface area contributed by atoms with Crippen molar-refractivity contribution in [3.63, 3.8) is 0 Å². The summed E-state index contributed by atoms with van der Waals surface area (Å²) in [6.07, 6.45) is -2.33. The van der Waals surface area contributed by atoms with E-state index in [1.165, 1.54) is 17.2 Å². The summed E-state index contributed by atoms with van der Waals surface area (Å²) >= 11 is 0. The Balaban J connectivity index is 2.04. The lowest BCUT2D eigenvalue weighted by atomic mass is 10.1. The number of rotatable bonds is 3. The van der Waals surface area contributed by atoms with Crippen molar-refractivity contribution in [1.82, 2.24) is 19.5 Å². The predicted molar refractivity (Wildman–Crippen MR) is 71.5 cm³/mol. The zero-order chi connectivity index (χ0) is 15.1. The summed E-state index contributed by atoms with van der Waals surface area (Å²) in [5.41, 5.74) is 0.923. The molecule has 0 radical (unpaired) electrons. The van der Waals surface area contributed by atoms with Crippen LogP contribution in [0.25, 0.3) is 11.2 Å². The van der Waals surface area contributed by atoms with Gasteiger partial charge in [-0.2, -0.15) is 0 Å². The predicted octanol–water partition coefficient (Wildman–Crippen LogP) is -0.519. The molecule has 0 amide bonds. The summed E-state index contributed by atoms with van der Waals surface area (Å²) in [7, 11) is 3.63. The average Bonchev–Trinajstić information content (AvgIpc) is 3.01. The highest BCUT2D eigenvalue weighted by atomic mass is 19.1. The smallest absolute Gasteiger partial charge is 0.173 e. The average molecular weight is 297 g/mol. The molecule has 8 nitrogen and oxygen atoms in total. The molecule has 1 saturated heterocycles. The number of hydrogen-bond acceptors (Lipinski definition) is 7. The van der Waals surface area contributed by atoms with E-state index in [2.05, 4.69) is 15.0 Å². The zero-order valence-electron chi connectivity index (χ0n) is 11.6. The number of halogens is 1. The highest BCUT2D eigenvalue weighted by Gasteiger charge is 2.45. The number of nitrogens with zero attached hydrogens (tertiary/aromatic N) is 5. The number of alkyl halides is 1. The van der Waals surface area contributed by atoms with Crippen LogP contribution in [0.15, 0.2) is 12.7 Å². The Morgan fingerprint density at radius 2 is 2.14 bits per heavy atom. The normalized spacial score (nSPS) is 29.2. The van der Waals surface area contributed by atoms with Crippen LogP contribution < -0.4 is 4.90 Å². The van der Waals surface area contributed by atoms with Crippen LogP contribution in [0.4, 0.5) is 10.2 Å². The van der Waals surface area contributed by atoms with Gasteiger partial charge < -0.3 is 19.8 Å². The summed E-state index contributed by atoms with van der Waals surface area (Å²) in [5, 5.41) is 18.8. The second-order valence-corrected chi connectivity index (χ2v) is 5.10. The molecule has 114 valence electrons. The molecule has 1 unspecified atom stereocenters. The van der Waals surface area contributed by atoms with E-state index in [-0.39, 0.29) is 0 Å². The molecule has 21 heavy (non-hydrogen) atoms. The fraction of sp³-hybridized carbons (Fsp3) is 0.583. The van der Waals surface area contributed by atoms with Crippen molar-refractivity contribution in [1.29, 1.82) is 0 Å². The Morgan fingerprint density at radius 1 is 1.38 bits per heavy atom. The SMILES string of the molecule is CN(C)c1ncnc2c1ncn2[C@@H]1O[C@H](CO)C(O)[C@@H]1F. The number of anilines is 1. The standard InChI is InChI=1S/C12H16FN5O3/c1-17(2)10-8-11(15-4-14-10)18(5-16-8)12-7(13)9(20)6(3-19)21-12/h4-7,9,12,19-20H,3H2,1-2H3/t6-,7+,9?,12-/m1/s1. The molecule has 0 aromatic carbocycles. The highest BCUT2D eigenvalue weighted by molar-refractivity contribution is 5.83. The first-order valence-corrected chi connectivity index (χ1v) is 6.48. The van der Waals surface area contributed by atoms with Gasteiger partial charge in [0.2, 0.25) is 0 Å². The third kappa shape index (κ3) is 2.13. The minimum absolute atomic E-state index is 0.409. The molecule has 2 aromatic heterocycles. The number of aromatic nitrogens is 4. The van der Waals surface area contributed by atoms with Gasteiger partial charge in [-0.25, -0.2) is 19.3 Å². The molecule has 2 N–H and O–H groups in total. The van der Waals surface area contributed by atoms with Crippen LogP contribution in [-0.4, -0.2) is 68.8 Å². The van der Waals surface area contributed by atoms with Crippen LogP contribution in [-0.2, 0) is 4.74 Å². The lowest BCUT2D eigenvalue weighted by molar-refractivity contribution is -0.0459. The Kier molecular flexibility index (Phi) is 3.47. The van der Waals surface area contributed by atoms with Crippen molar-refractivity contribution in [2.75, 3.05) is 25.6 Å². The van der Waals surface area contributed by atoms with Gasteiger partial charge in [-0.3, -0.25) is 4.57 Å². The van der Waals surface area contributed by atoms with Crippen molar-refractivity contribution >= 4 is 17.0 Å². The first-order valence-electron chi connectivity index (χ1n) is 6.48. The van der Waals surface area contributed by atoms with Crippen molar-refractivity contribution in [2.45, 2.75) is 24.6 Å². The molecule has 0 bridgehead atoms. The van der Waals surface area contributed by atoms with Gasteiger partial charge in [0.15, 0.2) is 29.4 Å². The maximum absolute atomic E-state index is 14.2. The van der Waals surface area contributed by atoms with Gasteiger partial charge in [0.05, 0.1) is 12.9 Å². The Bertz CT molecular complexity index is 649. The maximum Gasteiger partial charge on any atom is 0.173 e. The van der Waals surface area contributed by atoms with Gasteiger partial charge in [0.25, 0.3) is 0 Å². The summed E-state index contributed by atoms with van der Waals surface area (Å²) in [4.78, 5) is 14.2. The Hall–Kier alpha value is -1.84. The van der Waals surface area contributed by atoms with E-state index in [1.54, 1.807) is 4.90 Å². The third-order valence-electron chi connectivity index (χ3n) is 3.51. The molecule has 1 aliphatic heterocycles. The second-order valence-electron chi connectivity index (χ2n) is 5.10. The highest BCUT2D eigenvalue weighted by Crippen LogP contribution is 2.34. The molecule has 1 aliphatic rings. The number of aliphatic hydroxyl groups is 2. The lowest BCUT2D eigenvalue weighted by Crippen LogP contribution is -2.30. The van der Waals surface area contributed by atoms with Crippen LogP contribution in [0.3, 0.4) is 0 Å². The minimum atomic E-state index is -1.67. The first-order chi connectivity index (χ1) is 10.0. The largest absolute Gasteiger partial charge is 0.394 e. The molecule has 3 heterocycles. The van der Waals surface area contributed by atoms with Crippen LogP contribution in [0.2, 0.25) is 0 Å². The number of hydrogen-bond donors (Lipinski definition) is 2. The Morgan fingerprint density at radius 3 is 2.76 bits per heavy atom. The topological polar surface area (TPSA) is 96.5 Å². The Labute approximate surface area is 119 Å². The van der Waals surface area contributed by atoms with Crippen LogP contribution >= 0.6 is 0 Å². The fourth-order valence-corrected chi connectivity index (χ4v) is 2.43. The van der Waals surface area contributed by atoms with Gasteiger partial charge in [0.1, 0.15) is 18.5 Å². The van der Waals surface area contributed by atoms with E-state index in [4.69, 9.17) is 9.84 Å². The summed E-state index contributed by atoms with van der Waals surface area (Å²) in [5.74, 6) is 0.603. The molecule has 3 rings (SSSR count). The van der Waals surface area contributed by atoms with Crippen LogP contribution in [0.5, 0.6) is 0 Å². The molecule has 1 fully saturated rings. The number of aliphatic hydroxyl groups excluding tert-OH is 2. The molecular weight excluding hydrogens is 281 g/mol. The van der Waals surface area contributed by atoms with Crippen molar-refractivity contribution in [3.8, 4) is 0 Å². The van der Waals surface area contributed by atoms with E-state index >= 15 is 0 Å². The molecule has 4 atom stereocenters. The number of imidazole rings is 1. The van der Waals surface area contributed by atoms with Gasteiger partial charge in [-0.05, 0) is 0 Å². The van der Waals surface area contributed by atoms with E-state index in [0.29, 0.717) is 17.0 Å². The number of fused-ring (bicyclic) bond motifs is 1. The molecular formula is C12H16FN5O3. The monoisotopic (exact) mass is 297 g/mol. The van der Waals surface area contributed by atoms with Gasteiger partial charge in [0, 0.05) is 14.1 Å². The van der Waals surface area contributed by atoms with Gasteiger partial charge in [-0.15, -0.1) is 0 Å². The second kappa shape index (κ2) is 5.17. The van der Waals surface area contributed by atoms with E-state index < -0.39 is 31.2 Å². The lowest BCUT2D eigenvalue weighted by Gasteiger charge is -2.15. The van der Waals surface area contributed by atoms with Crippen LogP contribution in [0.1, 0.15) is 6.23 Å².